The van der Waals surface area contributed by atoms with E-state index in [2.05, 4.69) is 44.9 Å². The van der Waals surface area contributed by atoms with Crippen LogP contribution in [0.5, 0.6) is 0 Å². The molecule has 1 aromatic carbocycles. The van der Waals surface area contributed by atoms with Crippen molar-refractivity contribution in [2.45, 2.75) is 26.9 Å². The van der Waals surface area contributed by atoms with Gasteiger partial charge in [-0.1, -0.05) is 24.3 Å². The highest BCUT2D eigenvalue weighted by Gasteiger charge is 2.13. The summed E-state index contributed by atoms with van der Waals surface area (Å²) in [5.41, 5.74) is 5.15. The van der Waals surface area contributed by atoms with Gasteiger partial charge in [-0.3, -0.25) is 9.39 Å². The molecule has 29 heavy (non-hydrogen) atoms. The number of guanidine groups is 1. The number of rotatable bonds is 5. The van der Waals surface area contributed by atoms with Gasteiger partial charge in [-0.15, -0.1) is 10.2 Å². The van der Waals surface area contributed by atoms with Gasteiger partial charge in [-0.05, 0) is 38.1 Å². The molecule has 0 aliphatic carbocycles. The minimum atomic E-state index is 0.520. The monoisotopic (exact) mass is 388 g/mol. The fourth-order valence-corrected chi connectivity index (χ4v) is 3.32. The van der Waals surface area contributed by atoms with Crippen LogP contribution in [0.15, 0.2) is 59.7 Å². The molecule has 0 atom stereocenters. The molecule has 2 N–H and O–H groups in total. The predicted molar refractivity (Wildman–Crippen MR) is 113 cm³/mol. The number of nitrogens with one attached hydrogen (secondary N) is 2. The van der Waals surface area contributed by atoms with Crippen LogP contribution in [0.4, 0.5) is 0 Å². The number of aliphatic imine (C=N–C) groups is 1. The van der Waals surface area contributed by atoms with Gasteiger partial charge in [0, 0.05) is 31.0 Å². The van der Waals surface area contributed by atoms with E-state index in [0.717, 1.165) is 34.1 Å². The largest absolute Gasteiger partial charge is 0.352 e. The molecule has 0 saturated heterocycles. The minimum absolute atomic E-state index is 0.520. The topological polar surface area (TPSA) is 84.4 Å². The van der Waals surface area contributed by atoms with E-state index in [1.54, 1.807) is 7.05 Å². The van der Waals surface area contributed by atoms with Gasteiger partial charge in [0.1, 0.15) is 0 Å². The highest BCUT2D eigenvalue weighted by molar-refractivity contribution is 5.79. The molecule has 3 heterocycles. The molecule has 4 aromatic rings. The molecule has 0 amide bonds. The summed E-state index contributed by atoms with van der Waals surface area (Å²) in [4.78, 5) is 4.32. The molecule has 0 unspecified atom stereocenters. The lowest BCUT2D eigenvalue weighted by Crippen LogP contribution is -2.37. The molecule has 0 bridgehead atoms. The van der Waals surface area contributed by atoms with Crippen LogP contribution in [0.2, 0.25) is 0 Å². The van der Waals surface area contributed by atoms with E-state index in [1.807, 2.05) is 58.6 Å². The lowest BCUT2D eigenvalue weighted by atomic mass is 10.2. The van der Waals surface area contributed by atoms with E-state index in [0.29, 0.717) is 19.0 Å². The van der Waals surface area contributed by atoms with Crippen molar-refractivity contribution in [3.8, 4) is 5.69 Å². The fraction of sp³-hybridized carbons (Fsp3) is 0.238. The number of pyridine rings is 1. The lowest BCUT2D eigenvalue weighted by Gasteiger charge is -2.12. The van der Waals surface area contributed by atoms with Crippen LogP contribution in [0.25, 0.3) is 11.3 Å². The van der Waals surface area contributed by atoms with E-state index in [-0.39, 0.29) is 0 Å². The summed E-state index contributed by atoms with van der Waals surface area (Å²) in [6.45, 7) is 5.27. The van der Waals surface area contributed by atoms with Gasteiger partial charge in [0.25, 0.3) is 0 Å². The van der Waals surface area contributed by atoms with Crippen molar-refractivity contribution in [3.63, 3.8) is 0 Å². The standard InChI is InChI=1S/C21H24N8/c1-15-18(16(2)29(27-15)17-9-5-4-6-10-17)13-23-21(22-3)24-14-20-26-25-19-11-7-8-12-28(19)20/h4-12H,13-14H2,1-3H3,(H2,22,23,24). The number of hydrogen-bond acceptors (Lipinski definition) is 4. The number of para-hydroxylation sites is 1. The molecular formula is C21H24N8. The molecule has 0 aliphatic rings. The Bertz CT molecular complexity index is 1140. The Labute approximate surface area is 169 Å². The van der Waals surface area contributed by atoms with E-state index >= 15 is 0 Å². The van der Waals surface area contributed by atoms with Crippen LogP contribution in [0.3, 0.4) is 0 Å². The summed E-state index contributed by atoms with van der Waals surface area (Å²) in [7, 11) is 1.75. The van der Waals surface area contributed by atoms with Crippen molar-refractivity contribution in [2.75, 3.05) is 7.05 Å². The van der Waals surface area contributed by atoms with Gasteiger partial charge in [0.2, 0.25) is 0 Å². The average Bonchev–Trinajstić information content (AvgIpc) is 3.30. The van der Waals surface area contributed by atoms with Gasteiger partial charge >= 0.3 is 0 Å². The molecule has 0 aliphatic heterocycles. The van der Waals surface area contributed by atoms with Crippen LogP contribution < -0.4 is 10.6 Å². The van der Waals surface area contributed by atoms with Gasteiger partial charge in [0.15, 0.2) is 17.4 Å². The second-order valence-electron chi connectivity index (χ2n) is 6.72. The molecule has 8 nitrogen and oxygen atoms in total. The van der Waals surface area contributed by atoms with Crippen LogP contribution in [0.1, 0.15) is 22.8 Å². The van der Waals surface area contributed by atoms with E-state index in [9.17, 15) is 0 Å². The third-order valence-corrected chi connectivity index (χ3v) is 4.90. The molecule has 0 spiro atoms. The van der Waals surface area contributed by atoms with Crippen molar-refractivity contribution in [1.29, 1.82) is 0 Å². The highest BCUT2D eigenvalue weighted by atomic mass is 15.3. The zero-order valence-corrected chi connectivity index (χ0v) is 16.8. The van der Waals surface area contributed by atoms with E-state index < -0.39 is 0 Å². The van der Waals surface area contributed by atoms with Crippen LogP contribution in [-0.2, 0) is 13.1 Å². The summed E-state index contributed by atoms with van der Waals surface area (Å²) in [5, 5.41) is 19.8. The van der Waals surface area contributed by atoms with Crippen molar-refractivity contribution < 1.29 is 0 Å². The maximum absolute atomic E-state index is 4.70. The molecule has 0 radical (unpaired) electrons. The van der Waals surface area contributed by atoms with Gasteiger partial charge in [-0.25, -0.2) is 4.68 Å². The SMILES string of the molecule is CN=C(NCc1c(C)nn(-c2ccccc2)c1C)NCc1nnc2ccccn12. The number of aryl methyl sites for hydroxylation is 1. The normalized spacial score (nSPS) is 11.8. The number of aromatic nitrogens is 5. The zero-order valence-electron chi connectivity index (χ0n) is 16.8. The maximum atomic E-state index is 4.70. The van der Waals surface area contributed by atoms with E-state index in [4.69, 9.17) is 5.10 Å². The highest BCUT2D eigenvalue weighted by Crippen LogP contribution is 2.17. The van der Waals surface area contributed by atoms with Crippen molar-refractivity contribution in [1.82, 2.24) is 35.0 Å². The van der Waals surface area contributed by atoms with Gasteiger partial charge in [0.05, 0.1) is 17.9 Å². The molecule has 4 rings (SSSR count). The zero-order chi connectivity index (χ0) is 20.2. The van der Waals surface area contributed by atoms with Crippen molar-refractivity contribution in [2.24, 2.45) is 4.99 Å². The van der Waals surface area contributed by atoms with Crippen LogP contribution >= 0.6 is 0 Å². The van der Waals surface area contributed by atoms with E-state index in [1.165, 1.54) is 0 Å². The molecule has 3 aromatic heterocycles. The Hall–Kier alpha value is -3.68. The Morgan fingerprint density at radius 3 is 2.52 bits per heavy atom. The first-order valence-electron chi connectivity index (χ1n) is 9.51. The number of fused-ring (bicyclic) bond motifs is 1. The first-order chi connectivity index (χ1) is 14.2. The summed E-state index contributed by atoms with van der Waals surface area (Å²) in [6, 6.07) is 16.0. The van der Waals surface area contributed by atoms with Crippen molar-refractivity contribution >= 4 is 11.6 Å². The predicted octanol–water partition coefficient (Wildman–Crippen LogP) is 2.40. The summed E-state index contributed by atoms with van der Waals surface area (Å²) < 4.78 is 3.93. The van der Waals surface area contributed by atoms with Gasteiger partial charge in [-0.2, -0.15) is 5.10 Å². The maximum Gasteiger partial charge on any atom is 0.191 e. The molecule has 0 fully saturated rings. The second kappa shape index (κ2) is 8.14. The fourth-order valence-electron chi connectivity index (χ4n) is 3.32. The Morgan fingerprint density at radius 1 is 0.966 bits per heavy atom. The third-order valence-electron chi connectivity index (χ3n) is 4.90. The summed E-state index contributed by atoms with van der Waals surface area (Å²) in [5.74, 6) is 1.52. The number of benzene rings is 1. The first kappa shape index (κ1) is 18.7. The lowest BCUT2D eigenvalue weighted by molar-refractivity contribution is 0.759. The van der Waals surface area contributed by atoms with Crippen LogP contribution in [0, 0.1) is 13.8 Å². The number of hydrogen-bond donors (Lipinski definition) is 2. The molecular weight excluding hydrogens is 364 g/mol. The summed E-state index contributed by atoms with van der Waals surface area (Å²) >= 11 is 0. The molecule has 0 saturated carbocycles. The number of nitrogens with zero attached hydrogens (tertiary/aromatic N) is 6. The van der Waals surface area contributed by atoms with Crippen molar-refractivity contribution in [3.05, 3.63) is 77.5 Å². The third kappa shape index (κ3) is 3.82. The Kier molecular flexibility index (Phi) is 5.24. The summed E-state index contributed by atoms with van der Waals surface area (Å²) in [6.07, 6.45) is 1.95. The molecule has 8 heteroatoms. The molecule has 148 valence electrons. The smallest absolute Gasteiger partial charge is 0.191 e. The minimum Gasteiger partial charge on any atom is -0.352 e. The van der Waals surface area contributed by atoms with Gasteiger partial charge < -0.3 is 10.6 Å². The Morgan fingerprint density at radius 2 is 1.72 bits per heavy atom. The second-order valence-corrected chi connectivity index (χ2v) is 6.72. The quantitative estimate of drug-likeness (QED) is 0.405. The average molecular weight is 388 g/mol. The first-order valence-corrected chi connectivity index (χ1v) is 9.51. The van der Waals surface area contributed by atoms with Crippen LogP contribution in [-0.4, -0.2) is 37.4 Å². The Balaban J connectivity index is 1.43.